The van der Waals surface area contributed by atoms with Gasteiger partial charge in [0.1, 0.15) is 10.8 Å². The second kappa shape index (κ2) is 5.65. The van der Waals surface area contributed by atoms with Gasteiger partial charge in [0.25, 0.3) is 0 Å². The first-order valence-corrected chi connectivity index (χ1v) is 8.21. The van der Waals surface area contributed by atoms with Crippen LogP contribution in [-0.2, 0) is 0 Å². The van der Waals surface area contributed by atoms with E-state index in [0.29, 0.717) is 10.8 Å². The van der Waals surface area contributed by atoms with Crippen LogP contribution in [0.15, 0.2) is 0 Å². The van der Waals surface area contributed by atoms with Crippen molar-refractivity contribution >= 4 is 17.2 Å². The summed E-state index contributed by atoms with van der Waals surface area (Å²) in [6, 6.07) is 0. The summed E-state index contributed by atoms with van der Waals surface area (Å²) in [5.41, 5.74) is 1.76. The molecule has 0 N–H and O–H groups in total. The molecule has 0 radical (unpaired) electrons. The van der Waals surface area contributed by atoms with E-state index < -0.39 is 11.7 Å². The molecule has 1 aliphatic carbocycles. The van der Waals surface area contributed by atoms with Gasteiger partial charge in [-0.3, -0.25) is 0 Å². The SMILES string of the molecule is Cc1nc2c(F)c(C3CCC(F)(F)CC3)nn2c(Cl)c1C(C)C. The molecule has 1 saturated carbocycles. The summed E-state index contributed by atoms with van der Waals surface area (Å²) in [6.45, 7) is 5.74. The lowest BCUT2D eigenvalue weighted by atomic mass is 9.85. The van der Waals surface area contributed by atoms with Crippen molar-refractivity contribution < 1.29 is 13.2 Å². The summed E-state index contributed by atoms with van der Waals surface area (Å²) in [4.78, 5) is 4.29. The molecule has 126 valence electrons. The molecule has 0 atom stereocenters. The molecule has 23 heavy (non-hydrogen) atoms. The minimum atomic E-state index is -2.65. The Kier molecular flexibility index (Phi) is 4.07. The lowest BCUT2D eigenvalue weighted by Crippen LogP contribution is -2.24. The first-order valence-electron chi connectivity index (χ1n) is 7.83. The first kappa shape index (κ1) is 16.6. The van der Waals surface area contributed by atoms with Gasteiger partial charge in [0.2, 0.25) is 5.92 Å². The maximum Gasteiger partial charge on any atom is 0.248 e. The third-order valence-corrected chi connectivity index (χ3v) is 4.95. The van der Waals surface area contributed by atoms with E-state index in [4.69, 9.17) is 11.6 Å². The topological polar surface area (TPSA) is 30.2 Å². The van der Waals surface area contributed by atoms with Gasteiger partial charge in [-0.15, -0.1) is 0 Å². The van der Waals surface area contributed by atoms with Gasteiger partial charge in [-0.25, -0.2) is 22.7 Å². The number of aryl methyl sites for hydroxylation is 1. The molecule has 2 aromatic heterocycles. The van der Waals surface area contributed by atoms with Crippen LogP contribution >= 0.6 is 11.6 Å². The maximum absolute atomic E-state index is 14.7. The molecule has 1 aliphatic rings. The highest BCUT2D eigenvalue weighted by molar-refractivity contribution is 6.30. The van der Waals surface area contributed by atoms with Crippen LogP contribution in [0.2, 0.25) is 5.15 Å². The van der Waals surface area contributed by atoms with E-state index in [2.05, 4.69) is 10.1 Å². The van der Waals surface area contributed by atoms with E-state index in [1.165, 1.54) is 4.52 Å². The second-order valence-corrected chi connectivity index (χ2v) is 6.98. The standard InChI is InChI=1S/C16H19ClF3N3/c1-8(2)11-9(3)21-15-12(18)13(22-23(15)14(11)17)10-4-6-16(19,20)7-5-10/h8,10H,4-7H2,1-3H3. The first-order chi connectivity index (χ1) is 10.7. The fraction of sp³-hybridized carbons (Fsp3) is 0.625. The Morgan fingerprint density at radius 3 is 2.43 bits per heavy atom. The second-order valence-electron chi connectivity index (χ2n) is 6.62. The zero-order valence-corrected chi connectivity index (χ0v) is 14.1. The van der Waals surface area contributed by atoms with Gasteiger partial charge in [0.05, 0.1) is 0 Å². The predicted molar refractivity (Wildman–Crippen MR) is 82.9 cm³/mol. The van der Waals surface area contributed by atoms with Gasteiger partial charge in [0.15, 0.2) is 11.5 Å². The van der Waals surface area contributed by atoms with Crippen LogP contribution in [0.5, 0.6) is 0 Å². The van der Waals surface area contributed by atoms with E-state index in [9.17, 15) is 13.2 Å². The van der Waals surface area contributed by atoms with E-state index in [0.717, 1.165) is 5.56 Å². The zero-order valence-electron chi connectivity index (χ0n) is 13.3. The molecule has 3 nitrogen and oxygen atoms in total. The van der Waals surface area contributed by atoms with Gasteiger partial charge in [-0.05, 0) is 25.7 Å². The summed E-state index contributed by atoms with van der Waals surface area (Å²) >= 11 is 6.39. The number of aromatic nitrogens is 3. The molecule has 7 heteroatoms. The molecule has 0 unspecified atom stereocenters. The molecule has 0 aliphatic heterocycles. The Bertz CT molecular complexity index is 745. The van der Waals surface area contributed by atoms with Crippen molar-refractivity contribution in [3.8, 4) is 0 Å². The molecular formula is C16H19ClF3N3. The summed E-state index contributed by atoms with van der Waals surface area (Å²) in [6.07, 6.45) is -0.0201. The van der Waals surface area contributed by atoms with Crippen LogP contribution in [0.4, 0.5) is 13.2 Å². The van der Waals surface area contributed by atoms with Gasteiger partial charge in [-0.2, -0.15) is 5.10 Å². The van der Waals surface area contributed by atoms with E-state index in [1.807, 2.05) is 13.8 Å². The molecule has 0 bridgehead atoms. The van der Waals surface area contributed by atoms with Crippen molar-refractivity contribution in [2.45, 2.75) is 64.2 Å². The van der Waals surface area contributed by atoms with Crippen LogP contribution in [-0.4, -0.2) is 20.5 Å². The lowest BCUT2D eigenvalue weighted by molar-refractivity contribution is -0.0387. The van der Waals surface area contributed by atoms with Crippen LogP contribution in [0.1, 0.15) is 68.3 Å². The molecular weight excluding hydrogens is 327 g/mol. The third-order valence-electron chi connectivity index (χ3n) is 4.58. The summed E-state index contributed by atoms with van der Waals surface area (Å²) in [5, 5.41) is 4.61. The number of hydrogen-bond donors (Lipinski definition) is 0. The van der Waals surface area contributed by atoms with Crippen LogP contribution < -0.4 is 0 Å². The minimum absolute atomic E-state index is 0.0734. The number of fused-ring (bicyclic) bond motifs is 1. The molecule has 2 aromatic rings. The number of hydrogen-bond acceptors (Lipinski definition) is 2. The van der Waals surface area contributed by atoms with Crippen molar-refractivity contribution in [3.05, 3.63) is 27.9 Å². The van der Waals surface area contributed by atoms with Crippen molar-refractivity contribution in [2.24, 2.45) is 0 Å². The number of rotatable bonds is 2. The highest BCUT2D eigenvalue weighted by Gasteiger charge is 2.37. The third kappa shape index (κ3) is 2.82. The van der Waals surface area contributed by atoms with Gasteiger partial charge < -0.3 is 0 Å². The van der Waals surface area contributed by atoms with Gasteiger partial charge >= 0.3 is 0 Å². The molecule has 0 saturated heterocycles. The summed E-state index contributed by atoms with van der Waals surface area (Å²) in [7, 11) is 0. The normalized spacial score (nSPS) is 19.0. The molecule has 0 amide bonds. The van der Waals surface area contributed by atoms with E-state index in [1.54, 1.807) is 6.92 Å². The van der Waals surface area contributed by atoms with Gasteiger partial charge in [-0.1, -0.05) is 25.4 Å². The Labute approximate surface area is 137 Å². The van der Waals surface area contributed by atoms with Crippen molar-refractivity contribution in [3.63, 3.8) is 0 Å². The average molecular weight is 346 g/mol. The van der Waals surface area contributed by atoms with Crippen LogP contribution in [0.25, 0.3) is 5.65 Å². The number of halogens is 4. The van der Waals surface area contributed by atoms with Crippen LogP contribution in [0.3, 0.4) is 0 Å². The fourth-order valence-corrected chi connectivity index (χ4v) is 3.83. The Morgan fingerprint density at radius 2 is 1.87 bits per heavy atom. The summed E-state index contributed by atoms with van der Waals surface area (Å²) < 4.78 is 42.6. The van der Waals surface area contributed by atoms with Crippen molar-refractivity contribution in [1.29, 1.82) is 0 Å². The smallest absolute Gasteiger partial charge is 0.231 e. The lowest BCUT2D eigenvalue weighted by Gasteiger charge is -2.26. The van der Waals surface area contributed by atoms with E-state index >= 15 is 0 Å². The zero-order chi connectivity index (χ0) is 16.9. The molecule has 1 fully saturated rings. The molecule has 3 rings (SSSR count). The predicted octanol–water partition coefficient (Wildman–Crippen LogP) is 5.25. The minimum Gasteiger partial charge on any atom is -0.231 e. The fourth-order valence-electron chi connectivity index (χ4n) is 3.35. The Hall–Kier alpha value is -1.30. The Balaban J connectivity index is 2.07. The van der Waals surface area contributed by atoms with Crippen LogP contribution in [0, 0.1) is 12.7 Å². The number of nitrogens with zero attached hydrogens (tertiary/aromatic N) is 3. The monoisotopic (exact) mass is 345 g/mol. The molecule has 0 spiro atoms. The highest BCUT2D eigenvalue weighted by Crippen LogP contribution is 2.42. The largest absolute Gasteiger partial charge is 0.248 e. The molecule has 0 aromatic carbocycles. The summed E-state index contributed by atoms with van der Waals surface area (Å²) in [5.74, 6) is -3.37. The quantitative estimate of drug-likeness (QED) is 0.696. The van der Waals surface area contributed by atoms with Gasteiger partial charge in [0, 0.05) is 30.0 Å². The van der Waals surface area contributed by atoms with Crippen molar-refractivity contribution in [1.82, 2.24) is 14.6 Å². The Morgan fingerprint density at radius 1 is 1.26 bits per heavy atom. The molecule has 2 heterocycles. The maximum atomic E-state index is 14.7. The van der Waals surface area contributed by atoms with Crippen molar-refractivity contribution in [2.75, 3.05) is 0 Å². The highest BCUT2D eigenvalue weighted by atomic mass is 35.5. The average Bonchev–Trinajstić information content (AvgIpc) is 2.77. The van der Waals surface area contributed by atoms with E-state index in [-0.39, 0.29) is 48.9 Å². The number of alkyl halides is 2.